The molecule has 1 aromatic heterocycles. The highest BCUT2D eigenvalue weighted by Crippen LogP contribution is 2.39. The van der Waals surface area contributed by atoms with Crippen molar-refractivity contribution in [2.75, 3.05) is 0 Å². The largest absolute Gasteiger partial charge is 0.144 e. The number of halogens is 1. The summed E-state index contributed by atoms with van der Waals surface area (Å²) in [7, 11) is 0. The maximum absolute atomic E-state index is 3.93. The van der Waals surface area contributed by atoms with Gasteiger partial charge in [-0.3, -0.25) is 0 Å². The van der Waals surface area contributed by atoms with Gasteiger partial charge in [0.25, 0.3) is 0 Å². The highest BCUT2D eigenvalue weighted by atomic mass is 79.9. The van der Waals surface area contributed by atoms with Crippen LogP contribution in [-0.2, 0) is 6.42 Å². The molecule has 0 N–H and O–H groups in total. The van der Waals surface area contributed by atoms with E-state index in [0.717, 1.165) is 6.42 Å². The van der Waals surface area contributed by atoms with E-state index in [2.05, 4.69) is 80.9 Å². The van der Waals surface area contributed by atoms with Crippen molar-refractivity contribution in [2.24, 2.45) is 0 Å². The maximum atomic E-state index is 3.93. The third-order valence-electron chi connectivity index (χ3n) is 3.95. The quantitative estimate of drug-likeness (QED) is 0.498. The molecule has 0 saturated heterocycles. The lowest BCUT2D eigenvalue weighted by Crippen LogP contribution is -2.01. The number of aryl methyl sites for hydroxylation is 1. The third-order valence-corrected chi connectivity index (χ3v) is 6.54. The van der Waals surface area contributed by atoms with Gasteiger partial charge in [-0.25, -0.2) is 0 Å². The predicted molar refractivity (Wildman–Crippen MR) is 99.1 cm³/mol. The van der Waals surface area contributed by atoms with Gasteiger partial charge in [0.2, 0.25) is 0 Å². The Morgan fingerprint density at radius 3 is 2.19 bits per heavy atom. The lowest BCUT2D eigenvalue weighted by atomic mass is 9.90. The van der Waals surface area contributed by atoms with Gasteiger partial charge in [-0.2, -0.15) is 0 Å². The minimum absolute atomic E-state index is 0.307. The Kier molecular flexibility index (Phi) is 5.67. The molecule has 1 aromatic carbocycles. The van der Waals surface area contributed by atoms with Gasteiger partial charge in [-0.15, -0.1) is 11.3 Å². The first-order valence-corrected chi connectivity index (χ1v) is 9.53. The van der Waals surface area contributed by atoms with Crippen molar-refractivity contribution in [1.29, 1.82) is 0 Å². The molecule has 0 fully saturated rings. The molecule has 0 spiro atoms. The number of alkyl halides is 1. The molecule has 1 heterocycles. The molecule has 1 atom stereocenters. The van der Waals surface area contributed by atoms with Crippen LogP contribution in [0.4, 0.5) is 0 Å². The first-order chi connectivity index (χ1) is 9.93. The summed E-state index contributed by atoms with van der Waals surface area (Å²) in [5.74, 6) is 1.13. The van der Waals surface area contributed by atoms with Crippen LogP contribution in [0.2, 0.25) is 0 Å². The Labute approximate surface area is 141 Å². The summed E-state index contributed by atoms with van der Waals surface area (Å²) >= 11 is 5.85. The van der Waals surface area contributed by atoms with Crippen LogP contribution in [0.25, 0.3) is 0 Å². The highest BCUT2D eigenvalue weighted by Gasteiger charge is 2.18. The van der Waals surface area contributed by atoms with Crippen LogP contribution in [0.1, 0.15) is 77.7 Å². The van der Waals surface area contributed by atoms with Gasteiger partial charge >= 0.3 is 0 Å². The fourth-order valence-corrected chi connectivity index (χ4v) is 4.36. The Bertz CT molecular complexity index is 595. The number of hydrogen-bond donors (Lipinski definition) is 0. The monoisotopic (exact) mass is 364 g/mol. The average molecular weight is 365 g/mol. The van der Waals surface area contributed by atoms with Crippen molar-refractivity contribution in [3.05, 3.63) is 56.8 Å². The molecule has 0 bridgehead atoms. The van der Waals surface area contributed by atoms with E-state index in [4.69, 9.17) is 0 Å². The molecule has 2 rings (SSSR count). The van der Waals surface area contributed by atoms with E-state index in [-0.39, 0.29) is 0 Å². The Hall–Kier alpha value is -0.600. The summed E-state index contributed by atoms with van der Waals surface area (Å²) < 4.78 is 0. The number of hydrogen-bond acceptors (Lipinski definition) is 1. The standard InChI is InChI=1S/C19H25BrS/c1-6-15-8-10-18(21-15)19(20)16-9-7-14(12(2)3)11-17(16)13(4)5/h7-13,19H,6H2,1-5H3. The molecular weight excluding hydrogens is 340 g/mol. The molecule has 2 aromatic rings. The zero-order valence-corrected chi connectivity index (χ0v) is 16.0. The molecule has 2 heteroatoms. The fourth-order valence-electron chi connectivity index (χ4n) is 2.56. The van der Waals surface area contributed by atoms with E-state index in [9.17, 15) is 0 Å². The zero-order valence-electron chi connectivity index (χ0n) is 13.6. The van der Waals surface area contributed by atoms with Gasteiger partial charge < -0.3 is 0 Å². The van der Waals surface area contributed by atoms with Crippen LogP contribution in [0.5, 0.6) is 0 Å². The second kappa shape index (κ2) is 7.11. The molecule has 114 valence electrons. The summed E-state index contributed by atoms with van der Waals surface area (Å²) in [5, 5.41) is 0. The van der Waals surface area contributed by atoms with E-state index < -0.39 is 0 Å². The molecule has 0 aliphatic carbocycles. The molecule has 0 amide bonds. The van der Waals surface area contributed by atoms with E-state index in [1.54, 1.807) is 0 Å². The van der Waals surface area contributed by atoms with Crippen molar-refractivity contribution in [3.63, 3.8) is 0 Å². The summed E-state index contributed by atoms with van der Waals surface area (Å²) in [5.41, 5.74) is 4.32. The van der Waals surface area contributed by atoms with Crippen LogP contribution in [-0.4, -0.2) is 0 Å². The molecule has 0 aliphatic heterocycles. The van der Waals surface area contributed by atoms with Gasteiger partial charge in [-0.1, -0.05) is 68.7 Å². The van der Waals surface area contributed by atoms with Crippen LogP contribution in [0.15, 0.2) is 30.3 Å². The normalized spacial score (nSPS) is 13.1. The summed E-state index contributed by atoms with van der Waals surface area (Å²) in [6, 6.07) is 11.5. The van der Waals surface area contributed by atoms with Gasteiger partial charge in [0, 0.05) is 9.75 Å². The Morgan fingerprint density at radius 2 is 1.67 bits per heavy atom. The highest BCUT2D eigenvalue weighted by molar-refractivity contribution is 9.09. The van der Waals surface area contributed by atoms with Crippen LogP contribution in [0, 0.1) is 0 Å². The number of thiophene rings is 1. The summed E-state index contributed by atoms with van der Waals surface area (Å²) in [6.45, 7) is 11.3. The molecule has 0 radical (unpaired) electrons. The molecule has 1 unspecified atom stereocenters. The Morgan fingerprint density at radius 1 is 0.952 bits per heavy atom. The van der Waals surface area contributed by atoms with E-state index >= 15 is 0 Å². The van der Waals surface area contributed by atoms with E-state index in [1.165, 1.54) is 26.4 Å². The molecule has 0 nitrogen and oxygen atoms in total. The molecule has 0 aliphatic rings. The van der Waals surface area contributed by atoms with E-state index in [0.29, 0.717) is 16.7 Å². The lowest BCUT2D eigenvalue weighted by Gasteiger charge is -2.19. The van der Waals surface area contributed by atoms with Gasteiger partial charge in [0.15, 0.2) is 0 Å². The zero-order chi connectivity index (χ0) is 15.6. The lowest BCUT2D eigenvalue weighted by molar-refractivity contribution is 0.821. The minimum atomic E-state index is 0.307. The first-order valence-electron chi connectivity index (χ1n) is 7.80. The second-order valence-corrected chi connectivity index (χ2v) is 8.33. The van der Waals surface area contributed by atoms with Gasteiger partial charge in [0.1, 0.15) is 0 Å². The van der Waals surface area contributed by atoms with Crippen LogP contribution < -0.4 is 0 Å². The second-order valence-electron chi connectivity index (χ2n) is 6.22. The van der Waals surface area contributed by atoms with Crippen LogP contribution in [0.3, 0.4) is 0 Å². The van der Waals surface area contributed by atoms with Crippen molar-refractivity contribution < 1.29 is 0 Å². The fraction of sp³-hybridized carbons (Fsp3) is 0.474. The smallest absolute Gasteiger partial charge is 0.0740 e. The van der Waals surface area contributed by atoms with Crippen LogP contribution >= 0.6 is 27.3 Å². The van der Waals surface area contributed by atoms with Crippen molar-refractivity contribution >= 4 is 27.3 Å². The van der Waals surface area contributed by atoms with Crippen molar-refractivity contribution in [1.82, 2.24) is 0 Å². The average Bonchev–Trinajstić information content (AvgIpc) is 2.94. The number of rotatable bonds is 5. The Balaban J connectivity index is 2.42. The van der Waals surface area contributed by atoms with Gasteiger partial charge in [0.05, 0.1) is 4.83 Å². The van der Waals surface area contributed by atoms with E-state index in [1.807, 2.05) is 11.3 Å². The maximum Gasteiger partial charge on any atom is 0.0740 e. The predicted octanol–water partition coefficient (Wildman–Crippen LogP) is 7.04. The van der Waals surface area contributed by atoms with Crippen molar-refractivity contribution in [3.8, 4) is 0 Å². The molecular formula is C19H25BrS. The minimum Gasteiger partial charge on any atom is -0.144 e. The molecule has 0 saturated carbocycles. The first kappa shape index (κ1) is 16.8. The van der Waals surface area contributed by atoms with Crippen molar-refractivity contribution in [2.45, 2.75) is 57.7 Å². The topological polar surface area (TPSA) is 0 Å². The SMILES string of the molecule is CCc1ccc(C(Br)c2ccc(C(C)C)cc2C(C)C)s1. The summed E-state index contributed by atoms with van der Waals surface area (Å²) in [4.78, 5) is 3.17. The van der Waals surface area contributed by atoms with Gasteiger partial charge in [-0.05, 0) is 47.1 Å². The summed E-state index contributed by atoms with van der Waals surface area (Å²) in [6.07, 6.45) is 1.12. The molecule has 21 heavy (non-hydrogen) atoms. The third kappa shape index (κ3) is 3.78. The number of benzene rings is 1.